The normalized spacial score (nSPS) is 10.8. The Bertz CT molecular complexity index is 406. The lowest BCUT2D eigenvalue weighted by Crippen LogP contribution is -1.94. The number of halogens is 1. The quantitative estimate of drug-likeness (QED) is 0.576. The number of hydrogen-bond acceptors (Lipinski definition) is 1. The molecule has 0 aliphatic carbocycles. The zero-order valence-electron chi connectivity index (χ0n) is 6.79. The summed E-state index contributed by atoms with van der Waals surface area (Å²) >= 11 is 2.35. The van der Waals surface area contributed by atoms with Gasteiger partial charge in [-0.15, -0.1) is 0 Å². The minimum Gasteiger partial charge on any atom is -0.237 e. The summed E-state index contributed by atoms with van der Waals surface area (Å²) in [5.74, 6) is 0. The fraction of sp³-hybridized carbons (Fsp3) is 0.222. The van der Waals surface area contributed by atoms with Crippen molar-refractivity contribution >= 4 is 28.1 Å². The van der Waals surface area contributed by atoms with Crippen molar-refractivity contribution in [3.8, 4) is 0 Å². The summed E-state index contributed by atoms with van der Waals surface area (Å²) in [5.41, 5.74) is 3.51. The van der Waals surface area contributed by atoms with E-state index in [1.54, 1.807) is 0 Å². The molecule has 0 aromatic carbocycles. The van der Waals surface area contributed by atoms with Gasteiger partial charge in [-0.1, -0.05) is 28.7 Å². The summed E-state index contributed by atoms with van der Waals surface area (Å²) in [5, 5.41) is 4.40. The maximum Gasteiger partial charge on any atom is 0.0667 e. The van der Waals surface area contributed by atoms with Crippen LogP contribution in [0.1, 0.15) is 11.4 Å². The maximum absolute atomic E-state index is 4.40. The molecule has 0 atom stereocenters. The van der Waals surface area contributed by atoms with E-state index in [-0.39, 0.29) is 0 Å². The van der Waals surface area contributed by atoms with Gasteiger partial charge in [0.05, 0.1) is 16.9 Å². The first-order valence-electron chi connectivity index (χ1n) is 3.81. The van der Waals surface area contributed by atoms with E-state index < -0.39 is 0 Å². The van der Waals surface area contributed by atoms with Crippen LogP contribution in [0.4, 0.5) is 0 Å². The topological polar surface area (TPSA) is 17.3 Å². The predicted octanol–water partition coefficient (Wildman–Crippen LogP) is 2.58. The van der Waals surface area contributed by atoms with Gasteiger partial charge >= 0.3 is 0 Å². The van der Waals surface area contributed by atoms with E-state index in [1.165, 1.54) is 11.2 Å². The Hall–Kier alpha value is -0.580. The smallest absolute Gasteiger partial charge is 0.0667 e. The zero-order valence-corrected chi connectivity index (χ0v) is 8.95. The summed E-state index contributed by atoms with van der Waals surface area (Å²) < 4.78 is 3.00. The number of pyridine rings is 1. The molecule has 0 saturated carbocycles. The summed E-state index contributed by atoms with van der Waals surface area (Å²) in [6.07, 6.45) is 0. The van der Waals surface area contributed by atoms with Gasteiger partial charge < -0.3 is 0 Å². The summed E-state index contributed by atoms with van der Waals surface area (Å²) in [6.45, 7) is 2.02. The Kier molecular flexibility index (Phi) is 2.04. The Morgan fingerprint density at radius 1 is 1.50 bits per heavy atom. The van der Waals surface area contributed by atoms with Crippen molar-refractivity contribution in [1.82, 2.24) is 9.61 Å². The molecule has 2 aromatic rings. The van der Waals surface area contributed by atoms with Gasteiger partial charge in [0.2, 0.25) is 0 Å². The molecule has 0 radical (unpaired) electrons. The first-order chi connectivity index (χ1) is 5.81. The molecule has 0 amide bonds. The van der Waals surface area contributed by atoms with E-state index in [2.05, 4.69) is 52.0 Å². The molecule has 2 heterocycles. The lowest BCUT2D eigenvalue weighted by Gasteiger charge is -1.98. The summed E-state index contributed by atoms with van der Waals surface area (Å²) in [7, 11) is 0. The second-order valence-corrected chi connectivity index (χ2v) is 3.54. The molecule has 0 saturated heterocycles. The van der Waals surface area contributed by atoms with Crippen LogP contribution in [0.5, 0.6) is 0 Å². The van der Waals surface area contributed by atoms with E-state index in [4.69, 9.17) is 0 Å². The molecular formula is C9H9IN2. The molecule has 12 heavy (non-hydrogen) atoms. The molecular weight excluding hydrogens is 263 g/mol. The molecule has 62 valence electrons. The van der Waals surface area contributed by atoms with Crippen LogP contribution in [0, 0.1) is 6.92 Å². The Labute approximate surface area is 84.7 Å². The SMILES string of the molecule is Cc1cc2cccc(CI)n2n1. The Balaban J connectivity index is 2.78. The standard InChI is InChI=1S/C9H9IN2/c1-7-5-8-3-2-4-9(6-10)12(8)11-7/h2-5H,6H2,1H3. The summed E-state index contributed by atoms with van der Waals surface area (Å²) in [4.78, 5) is 0. The van der Waals surface area contributed by atoms with Crippen LogP contribution in [-0.2, 0) is 4.43 Å². The molecule has 2 rings (SSSR count). The van der Waals surface area contributed by atoms with Crippen molar-refractivity contribution in [1.29, 1.82) is 0 Å². The number of fused-ring (bicyclic) bond motifs is 1. The largest absolute Gasteiger partial charge is 0.237 e. The van der Waals surface area contributed by atoms with Crippen molar-refractivity contribution in [3.63, 3.8) is 0 Å². The van der Waals surface area contributed by atoms with Crippen molar-refractivity contribution in [2.24, 2.45) is 0 Å². The molecule has 0 aliphatic heterocycles. The van der Waals surface area contributed by atoms with Gasteiger partial charge in [-0.3, -0.25) is 0 Å². The molecule has 0 bridgehead atoms. The molecule has 0 fully saturated rings. The lowest BCUT2D eigenvalue weighted by atomic mass is 10.3. The van der Waals surface area contributed by atoms with Crippen molar-refractivity contribution < 1.29 is 0 Å². The highest BCUT2D eigenvalue weighted by Crippen LogP contribution is 2.11. The van der Waals surface area contributed by atoms with Crippen LogP contribution in [0.25, 0.3) is 5.52 Å². The molecule has 2 aromatic heterocycles. The van der Waals surface area contributed by atoms with Gasteiger partial charge in [-0.05, 0) is 25.1 Å². The van der Waals surface area contributed by atoms with Crippen LogP contribution in [0.2, 0.25) is 0 Å². The van der Waals surface area contributed by atoms with Gasteiger partial charge in [0.15, 0.2) is 0 Å². The monoisotopic (exact) mass is 272 g/mol. The highest BCUT2D eigenvalue weighted by atomic mass is 127. The number of aryl methyl sites for hydroxylation is 1. The first kappa shape index (κ1) is 8.04. The van der Waals surface area contributed by atoms with Crippen LogP contribution < -0.4 is 0 Å². The van der Waals surface area contributed by atoms with Crippen molar-refractivity contribution in [3.05, 3.63) is 35.7 Å². The highest BCUT2D eigenvalue weighted by Gasteiger charge is 2.00. The number of nitrogens with zero attached hydrogens (tertiary/aromatic N) is 2. The lowest BCUT2D eigenvalue weighted by molar-refractivity contribution is 0.892. The molecule has 3 heteroatoms. The van der Waals surface area contributed by atoms with Gasteiger partial charge in [0.25, 0.3) is 0 Å². The van der Waals surface area contributed by atoms with Gasteiger partial charge in [-0.25, -0.2) is 4.52 Å². The molecule has 2 nitrogen and oxygen atoms in total. The molecule has 0 N–H and O–H groups in total. The van der Waals surface area contributed by atoms with Crippen molar-refractivity contribution in [2.75, 3.05) is 0 Å². The third-order valence-electron chi connectivity index (χ3n) is 1.82. The van der Waals surface area contributed by atoms with E-state index in [0.717, 1.165) is 10.1 Å². The van der Waals surface area contributed by atoms with E-state index >= 15 is 0 Å². The fourth-order valence-electron chi connectivity index (χ4n) is 1.30. The van der Waals surface area contributed by atoms with E-state index in [9.17, 15) is 0 Å². The van der Waals surface area contributed by atoms with Crippen LogP contribution in [0.15, 0.2) is 24.3 Å². The van der Waals surface area contributed by atoms with Gasteiger partial charge in [0.1, 0.15) is 0 Å². The molecule has 0 spiro atoms. The minimum absolute atomic E-state index is 0.996. The molecule has 0 aliphatic rings. The number of alkyl halides is 1. The second-order valence-electron chi connectivity index (χ2n) is 2.77. The van der Waals surface area contributed by atoms with Crippen LogP contribution in [0.3, 0.4) is 0 Å². The maximum atomic E-state index is 4.40. The second kappa shape index (κ2) is 3.05. The number of aromatic nitrogens is 2. The predicted molar refractivity (Wildman–Crippen MR) is 57.7 cm³/mol. The van der Waals surface area contributed by atoms with E-state index in [0.29, 0.717) is 0 Å². The van der Waals surface area contributed by atoms with Crippen LogP contribution >= 0.6 is 22.6 Å². The first-order valence-corrected chi connectivity index (χ1v) is 5.34. The van der Waals surface area contributed by atoms with Gasteiger partial charge in [0, 0.05) is 4.43 Å². The summed E-state index contributed by atoms with van der Waals surface area (Å²) in [6, 6.07) is 8.35. The van der Waals surface area contributed by atoms with E-state index in [1.807, 2.05) is 11.4 Å². The van der Waals surface area contributed by atoms with Gasteiger partial charge in [-0.2, -0.15) is 5.10 Å². The number of rotatable bonds is 1. The van der Waals surface area contributed by atoms with Crippen molar-refractivity contribution in [2.45, 2.75) is 11.4 Å². The fourth-order valence-corrected chi connectivity index (χ4v) is 1.88. The average Bonchev–Trinajstić information content (AvgIpc) is 2.44. The highest BCUT2D eigenvalue weighted by molar-refractivity contribution is 14.1. The third-order valence-corrected chi connectivity index (χ3v) is 2.61. The molecule has 0 unspecified atom stereocenters. The Morgan fingerprint density at radius 2 is 2.33 bits per heavy atom. The number of hydrogen-bond donors (Lipinski definition) is 0. The van der Waals surface area contributed by atoms with Crippen LogP contribution in [-0.4, -0.2) is 9.61 Å². The average molecular weight is 272 g/mol. The Morgan fingerprint density at radius 3 is 3.08 bits per heavy atom. The zero-order chi connectivity index (χ0) is 8.55. The minimum atomic E-state index is 0.996. The third kappa shape index (κ3) is 1.22.